The maximum atomic E-state index is 13.6. The zero-order valence-electron chi connectivity index (χ0n) is 13.8. The van der Waals surface area contributed by atoms with E-state index >= 15 is 0 Å². The van der Waals surface area contributed by atoms with Crippen LogP contribution >= 0.6 is 0 Å². The van der Waals surface area contributed by atoms with Crippen LogP contribution < -0.4 is 5.32 Å². The summed E-state index contributed by atoms with van der Waals surface area (Å²) in [5.41, 5.74) is -0.635. The molecule has 0 aromatic heterocycles. The molecule has 7 heteroatoms. The van der Waals surface area contributed by atoms with Gasteiger partial charge in [0.2, 0.25) is 17.4 Å². The van der Waals surface area contributed by atoms with Gasteiger partial charge in [-0.2, -0.15) is 0 Å². The number of amides is 2. The molecule has 0 aliphatic carbocycles. The van der Waals surface area contributed by atoms with Gasteiger partial charge in [0.25, 0.3) is 0 Å². The number of methoxy groups -OCH3 is 1. The Hall–Kier alpha value is -2.28. The van der Waals surface area contributed by atoms with Crippen molar-refractivity contribution in [2.45, 2.75) is 25.4 Å². The molecular weight excluding hydrogens is 315 g/mol. The first kappa shape index (κ1) is 16.6. The van der Waals surface area contributed by atoms with Gasteiger partial charge >= 0.3 is 5.97 Å². The molecule has 2 saturated heterocycles. The molecule has 24 heavy (non-hydrogen) atoms. The number of ether oxygens (including phenoxy) is 1. The number of nitrogens with zero attached hydrogens (tertiary/aromatic N) is 1. The van der Waals surface area contributed by atoms with Gasteiger partial charge in [0, 0.05) is 19.0 Å². The molecule has 0 spiro atoms. The van der Waals surface area contributed by atoms with Crippen molar-refractivity contribution in [2.75, 3.05) is 13.7 Å². The zero-order valence-corrected chi connectivity index (χ0v) is 13.8. The first-order valence-corrected chi connectivity index (χ1v) is 7.90. The van der Waals surface area contributed by atoms with E-state index in [4.69, 9.17) is 4.74 Å². The number of rotatable bonds is 3. The Bertz CT molecular complexity index is 722. The van der Waals surface area contributed by atoms with Crippen molar-refractivity contribution in [1.29, 1.82) is 0 Å². The summed E-state index contributed by atoms with van der Waals surface area (Å²) in [6.07, 6.45) is 0. The Morgan fingerprint density at radius 2 is 2.08 bits per heavy atom. The summed E-state index contributed by atoms with van der Waals surface area (Å²) in [5.74, 6) is -3.18. The van der Waals surface area contributed by atoms with Gasteiger partial charge < -0.3 is 10.1 Å². The third kappa shape index (κ3) is 2.15. The highest BCUT2D eigenvalue weighted by Gasteiger charge is 2.70. The van der Waals surface area contributed by atoms with Crippen LogP contribution in [0.2, 0.25) is 0 Å². The van der Waals surface area contributed by atoms with E-state index < -0.39 is 35.2 Å². The van der Waals surface area contributed by atoms with E-state index in [0.29, 0.717) is 5.56 Å². The second-order valence-corrected chi connectivity index (χ2v) is 6.45. The molecule has 0 radical (unpaired) electrons. The highest BCUT2D eigenvalue weighted by Crippen LogP contribution is 2.44. The summed E-state index contributed by atoms with van der Waals surface area (Å²) in [6.45, 7) is 3.57. The van der Waals surface area contributed by atoms with E-state index in [1.165, 1.54) is 24.1 Å². The molecule has 0 unspecified atom stereocenters. The van der Waals surface area contributed by atoms with E-state index in [0.717, 1.165) is 0 Å². The average Bonchev–Trinajstić information content (AvgIpc) is 3.01. The van der Waals surface area contributed by atoms with Crippen molar-refractivity contribution in [3.63, 3.8) is 0 Å². The Morgan fingerprint density at radius 1 is 1.38 bits per heavy atom. The van der Waals surface area contributed by atoms with Crippen LogP contribution in [0, 0.1) is 17.7 Å². The van der Waals surface area contributed by atoms with Crippen molar-refractivity contribution < 1.29 is 28.8 Å². The van der Waals surface area contributed by atoms with Crippen LogP contribution in [-0.2, 0) is 19.1 Å². The first-order chi connectivity index (χ1) is 11.3. The van der Waals surface area contributed by atoms with Crippen LogP contribution in [-0.4, -0.2) is 41.9 Å². The summed E-state index contributed by atoms with van der Waals surface area (Å²) in [5, 5.41) is 1.67. The molecule has 2 aliphatic heterocycles. The Balaban J connectivity index is 2.11. The summed E-state index contributed by atoms with van der Waals surface area (Å²) in [7, 11) is 1.25. The summed E-state index contributed by atoms with van der Waals surface area (Å²) >= 11 is 0. The lowest BCUT2D eigenvalue weighted by Crippen LogP contribution is -2.97. The van der Waals surface area contributed by atoms with Crippen LogP contribution in [0.4, 0.5) is 4.39 Å². The fourth-order valence-corrected chi connectivity index (χ4v) is 4.07. The molecule has 4 atom stereocenters. The number of nitrogens with two attached hydrogens (primary N) is 1. The number of halogens is 1. The minimum absolute atomic E-state index is 0.248. The molecule has 6 nitrogen and oxygen atoms in total. The second-order valence-electron chi connectivity index (χ2n) is 6.45. The van der Waals surface area contributed by atoms with E-state index in [2.05, 4.69) is 0 Å². The van der Waals surface area contributed by atoms with Gasteiger partial charge in [-0.1, -0.05) is 12.1 Å². The molecule has 3 rings (SSSR count). The molecule has 2 heterocycles. The normalized spacial score (nSPS) is 32.2. The Kier molecular flexibility index (Phi) is 3.91. The number of hydrogen-bond donors (Lipinski definition) is 1. The number of imide groups is 1. The van der Waals surface area contributed by atoms with E-state index in [1.54, 1.807) is 31.3 Å². The molecular formula is C17H20FN2O4+. The molecule has 0 bridgehead atoms. The van der Waals surface area contributed by atoms with Crippen molar-refractivity contribution in [3.05, 3.63) is 35.6 Å². The maximum Gasteiger partial charge on any atom is 0.368 e. The standard InChI is InChI=1S/C17H19FN2O4/c1-4-20-14(21)11-12(15(20)22)17(2,16(23)24-3)19-13(11)9-6-5-7-10(18)8-9/h5-8,11-13,19H,4H2,1-3H3/p+1/t11-,12+,13-,17-/m1/s1. The van der Waals surface area contributed by atoms with Gasteiger partial charge in [-0.05, 0) is 19.1 Å². The average molecular weight is 335 g/mol. The lowest BCUT2D eigenvalue weighted by Gasteiger charge is -2.25. The fourth-order valence-electron chi connectivity index (χ4n) is 4.07. The first-order valence-electron chi connectivity index (χ1n) is 7.90. The highest BCUT2D eigenvalue weighted by atomic mass is 19.1. The molecule has 0 saturated carbocycles. The quantitative estimate of drug-likeness (QED) is 0.623. The number of hydrogen-bond acceptors (Lipinski definition) is 4. The summed E-state index contributed by atoms with van der Waals surface area (Å²) < 4.78 is 18.5. The number of fused-ring (bicyclic) bond motifs is 1. The molecule has 128 valence electrons. The molecule has 2 fully saturated rings. The van der Waals surface area contributed by atoms with Crippen LogP contribution in [0.1, 0.15) is 25.5 Å². The monoisotopic (exact) mass is 335 g/mol. The maximum absolute atomic E-state index is 13.6. The Morgan fingerprint density at radius 3 is 2.67 bits per heavy atom. The number of esters is 1. The number of quaternary nitrogens is 1. The fraction of sp³-hybridized carbons (Fsp3) is 0.471. The lowest BCUT2D eigenvalue weighted by molar-refractivity contribution is -0.731. The van der Waals surface area contributed by atoms with Gasteiger partial charge in [-0.25, -0.2) is 9.18 Å². The predicted octanol–water partition coefficient (Wildman–Crippen LogP) is -0.00340. The van der Waals surface area contributed by atoms with Crippen LogP contribution in [0.25, 0.3) is 0 Å². The van der Waals surface area contributed by atoms with Gasteiger partial charge in [-0.3, -0.25) is 14.5 Å². The molecule has 2 N–H and O–H groups in total. The number of likely N-dealkylation sites (tertiary alicyclic amines) is 1. The largest absolute Gasteiger partial charge is 0.464 e. The Labute approximate surface area is 139 Å². The SMILES string of the molecule is CCN1C(=O)[C@H]2[C@@H](c3cccc(F)c3)[NH2+][C@@](C)(C(=O)OC)[C@@H]2C1=O. The van der Waals surface area contributed by atoms with Crippen LogP contribution in [0.15, 0.2) is 24.3 Å². The topological polar surface area (TPSA) is 80.3 Å². The minimum Gasteiger partial charge on any atom is -0.464 e. The molecule has 2 amide bonds. The van der Waals surface area contributed by atoms with E-state index in [1.807, 2.05) is 0 Å². The number of carbonyl (C=O) groups is 3. The smallest absolute Gasteiger partial charge is 0.368 e. The van der Waals surface area contributed by atoms with E-state index in [-0.39, 0.29) is 18.4 Å². The van der Waals surface area contributed by atoms with Crippen LogP contribution in [0.3, 0.4) is 0 Å². The third-order valence-corrected chi connectivity index (χ3v) is 5.18. The number of carbonyl (C=O) groups excluding carboxylic acids is 3. The van der Waals surface area contributed by atoms with Gasteiger partial charge in [0.05, 0.1) is 7.11 Å². The lowest BCUT2D eigenvalue weighted by atomic mass is 9.80. The molecule has 1 aromatic carbocycles. The summed E-state index contributed by atoms with van der Waals surface area (Å²) in [6, 6.07) is 5.41. The van der Waals surface area contributed by atoms with Gasteiger partial charge in [0.1, 0.15) is 23.7 Å². The predicted molar refractivity (Wildman–Crippen MR) is 80.9 cm³/mol. The zero-order chi connectivity index (χ0) is 17.6. The highest BCUT2D eigenvalue weighted by molar-refractivity contribution is 6.08. The summed E-state index contributed by atoms with van der Waals surface area (Å²) in [4.78, 5) is 39.0. The van der Waals surface area contributed by atoms with Gasteiger partial charge in [0.15, 0.2) is 0 Å². The van der Waals surface area contributed by atoms with Crippen molar-refractivity contribution in [3.8, 4) is 0 Å². The van der Waals surface area contributed by atoms with Crippen molar-refractivity contribution >= 4 is 17.8 Å². The van der Waals surface area contributed by atoms with Crippen molar-refractivity contribution in [1.82, 2.24) is 4.90 Å². The minimum atomic E-state index is -1.22. The third-order valence-electron chi connectivity index (χ3n) is 5.18. The van der Waals surface area contributed by atoms with Crippen LogP contribution in [0.5, 0.6) is 0 Å². The molecule has 1 aromatic rings. The van der Waals surface area contributed by atoms with Crippen molar-refractivity contribution in [2.24, 2.45) is 11.8 Å². The molecule has 2 aliphatic rings. The van der Waals surface area contributed by atoms with Gasteiger partial charge in [-0.15, -0.1) is 0 Å². The van der Waals surface area contributed by atoms with E-state index in [9.17, 15) is 18.8 Å². The second kappa shape index (κ2) is 5.66. The number of benzene rings is 1.